The minimum atomic E-state index is -4.94. The van der Waals surface area contributed by atoms with E-state index in [-0.39, 0.29) is 0 Å². The average molecular weight is 898 g/mol. The predicted octanol–water partition coefficient (Wildman–Crippen LogP) is -17.6. The normalized spacial score (nSPS) is 12.9. The summed E-state index contributed by atoms with van der Waals surface area (Å²) >= 11 is 9.79. The first kappa shape index (κ1) is 61.4. The van der Waals surface area contributed by atoms with Crippen molar-refractivity contribution in [2.75, 3.05) is 67.5 Å². The molecule has 0 heterocycles. The number of nitrogens with two attached hydrogens (primary N) is 2. The van der Waals surface area contributed by atoms with Gasteiger partial charge < -0.3 is 16.4 Å². The van der Waals surface area contributed by atoms with Crippen LogP contribution in [-0.2, 0) is 32.5 Å². The molecule has 0 aromatic heterocycles. The first-order valence-corrected chi connectivity index (χ1v) is 19.0. The summed E-state index contributed by atoms with van der Waals surface area (Å²) in [5.41, 5.74) is 11.1. The number of nitrogens with one attached hydrogen (secondary N) is 2. The van der Waals surface area contributed by atoms with Gasteiger partial charge in [-0.25, -0.2) is 74.5 Å². The van der Waals surface area contributed by atoms with Crippen LogP contribution in [0, 0.1) is 52.8 Å². The summed E-state index contributed by atoms with van der Waals surface area (Å²) in [5.74, 6) is 1.30. The van der Waals surface area contributed by atoms with Gasteiger partial charge in [0.1, 0.15) is 0 Å². The molecule has 0 aliphatic heterocycles. The second-order valence-corrected chi connectivity index (χ2v) is 13.3. The summed E-state index contributed by atoms with van der Waals surface area (Å²) in [6.45, 7) is 5.73. The van der Waals surface area contributed by atoms with Gasteiger partial charge in [0.05, 0.1) is 0 Å². The van der Waals surface area contributed by atoms with E-state index >= 15 is 0 Å². The van der Waals surface area contributed by atoms with Gasteiger partial charge in [-0.2, -0.15) is 0 Å². The smallest absolute Gasteiger partial charge is 0.00248 e. The summed E-state index contributed by atoms with van der Waals surface area (Å²) in [7, 11) is -11.3. The molecule has 22 nitrogen and oxygen atoms in total. The molecular formula is C20H48Cl4Cu2N6O16. The molecule has 0 saturated heterocycles. The van der Waals surface area contributed by atoms with Crippen LogP contribution in [0.3, 0.4) is 0 Å². The summed E-state index contributed by atoms with van der Waals surface area (Å²) in [6, 6.07) is 0. The first-order valence-electron chi connectivity index (χ1n) is 13.2. The molecule has 6 N–H and O–H groups in total. The van der Waals surface area contributed by atoms with E-state index in [4.69, 9.17) is 118 Å². The van der Waals surface area contributed by atoms with Crippen LogP contribution in [0.1, 0.15) is 51.4 Å². The van der Waals surface area contributed by atoms with E-state index in [9.17, 15) is 0 Å². The van der Waals surface area contributed by atoms with E-state index in [2.05, 4.69) is 46.7 Å². The Morgan fingerprint density at radius 2 is 0.812 bits per heavy atom. The van der Waals surface area contributed by atoms with Crippen LogP contribution in [-0.4, -0.2) is 77.3 Å². The Kier molecular flexibility index (Phi) is 48.6. The monoisotopic (exact) mass is 894 g/mol. The number of halogens is 4. The molecule has 0 fully saturated rings. The standard InChI is InChI=1S/C10H25N3.C10H23N3.4ClHO4.2Cu/c2*1-13(2)8-4-3-5-10(9-12)6-7-11;4*2-1(3,4)5;;/h10H,3-9,11-12H2,1-2H3;10-12H,3-9H2,1-2H3;4*(H,2,3,4,5);;/q;-2;;;;;2*+3/p-4. The number of hydrogen-bond donors (Lipinski definition) is 4. The average Bonchev–Trinajstić information content (AvgIpc) is 2.83. The van der Waals surface area contributed by atoms with E-state index in [0.29, 0.717) is 11.8 Å². The van der Waals surface area contributed by atoms with E-state index in [0.717, 1.165) is 39.0 Å². The Hall–Kier alpha value is 1.32. The molecule has 0 saturated carbocycles. The molecule has 0 aromatic rings. The fourth-order valence-corrected chi connectivity index (χ4v) is 3.43. The van der Waals surface area contributed by atoms with E-state index < -0.39 is 41.0 Å². The van der Waals surface area contributed by atoms with Crippen molar-refractivity contribution in [2.24, 2.45) is 23.3 Å². The zero-order valence-corrected chi connectivity index (χ0v) is 31.7. The summed E-state index contributed by atoms with van der Waals surface area (Å²) in [5, 5.41) is 0. The Labute approximate surface area is 307 Å². The molecule has 2 atom stereocenters. The Morgan fingerprint density at radius 1 is 0.500 bits per heavy atom. The van der Waals surface area contributed by atoms with Crippen LogP contribution < -0.4 is 94.7 Å². The third kappa shape index (κ3) is 136. The van der Waals surface area contributed by atoms with Crippen molar-refractivity contribution < 1.29 is 148 Å². The van der Waals surface area contributed by atoms with Crippen molar-refractivity contribution in [1.29, 1.82) is 0 Å². The van der Waals surface area contributed by atoms with E-state index in [1.165, 1.54) is 51.6 Å². The molecule has 0 rings (SSSR count). The number of rotatable bonds is 18. The molecule has 0 spiro atoms. The van der Waals surface area contributed by atoms with Gasteiger partial charge in [0.25, 0.3) is 0 Å². The molecule has 0 aromatic carbocycles. The molecule has 0 bridgehead atoms. The van der Waals surface area contributed by atoms with Crippen LogP contribution in [0.15, 0.2) is 0 Å². The van der Waals surface area contributed by atoms with Gasteiger partial charge in [0.2, 0.25) is 0 Å². The fraction of sp³-hybridized carbons (Fsp3) is 1.00. The van der Waals surface area contributed by atoms with Crippen molar-refractivity contribution >= 4 is 0 Å². The van der Waals surface area contributed by atoms with Crippen LogP contribution in [0.25, 0.3) is 0 Å². The molecule has 2 unspecified atom stereocenters. The largest absolute Gasteiger partial charge is 0.330 e. The molecule has 48 heavy (non-hydrogen) atoms. The van der Waals surface area contributed by atoms with Crippen molar-refractivity contribution in [1.82, 2.24) is 18.5 Å². The first-order chi connectivity index (χ1) is 21.4. The zero-order valence-electron chi connectivity index (χ0n) is 26.8. The van der Waals surface area contributed by atoms with Crippen molar-refractivity contribution in [3.8, 4) is 0 Å². The van der Waals surface area contributed by atoms with Crippen LogP contribution in [0.4, 0.5) is 0 Å². The van der Waals surface area contributed by atoms with Crippen LogP contribution >= 0.6 is 0 Å². The maximum Gasteiger partial charge on any atom is -0.00248 e. The number of unbranched alkanes of at least 4 members (excludes halogenated alkanes) is 2. The molecule has 28 heteroatoms. The summed E-state index contributed by atoms with van der Waals surface area (Å²) < 4.78 is 141. The Morgan fingerprint density at radius 3 is 1.04 bits per heavy atom. The predicted molar refractivity (Wildman–Crippen MR) is 115 cm³/mol. The maximum absolute atomic E-state index is 8.49. The van der Waals surface area contributed by atoms with Gasteiger partial charge in [-0.1, -0.05) is 6.42 Å². The van der Waals surface area contributed by atoms with Crippen LogP contribution in [0.2, 0.25) is 0 Å². The minimum absolute atomic E-state index is 0.646. The molecule has 0 amide bonds. The Bertz CT molecular complexity index is 571. The van der Waals surface area contributed by atoms with E-state index in [1.807, 2.05) is 0 Å². The zero-order chi connectivity index (χ0) is 39.6. The Balaban J connectivity index is -0.000000120. The fourth-order valence-electron chi connectivity index (χ4n) is 3.02. The molecule has 0 aliphatic rings. The van der Waals surface area contributed by atoms with E-state index in [1.54, 1.807) is 0 Å². The number of nitrogens with zero attached hydrogens (tertiary/aromatic N) is 2. The van der Waals surface area contributed by atoms with Gasteiger partial charge in [-0.3, -0.25) is 0 Å². The molecular weight excluding hydrogens is 849 g/mol. The molecule has 0 radical (unpaired) electrons. The SMILES string of the molecule is CN(C)CCCCC(CC[NH][Cu+2])C[NH][Cu+2].CN(C)CCCCC(CN)CCN.[O-][Cl+3]([O-])([O-])[O-].[O-][Cl+3]([O-])([O-])[O-].[O-][Cl+3]([O-])([O-])[O-].[O-][Cl+3]([O-])([O-])[O-]. The molecule has 304 valence electrons. The third-order valence-electron chi connectivity index (χ3n) is 4.82. The third-order valence-corrected chi connectivity index (χ3v) is 5.25. The summed E-state index contributed by atoms with van der Waals surface area (Å²) in [6.07, 6.45) is 9.75. The van der Waals surface area contributed by atoms with Gasteiger partial charge in [0, 0.05) is 0 Å². The van der Waals surface area contributed by atoms with Gasteiger partial charge in [0.15, 0.2) is 0 Å². The quantitative estimate of drug-likeness (QED) is 0.0733. The van der Waals surface area contributed by atoms with Crippen LogP contribution in [0.5, 0.6) is 0 Å². The number of hydrogen-bond acceptors (Lipinski definition) is 22. The maximum atomic E-state index is 8.49. The minimum Gasteiger partial charge on any atom is -0.330 e. The second kappa shape index (κ2) is 38.1. The van der Waals surface area contributed by atoms with Gasteiger partial charge >= 0.3 is 111 Å². The van der Waals surface area contributed by atoms with Gasteiger partial charge in [-0.05, 0) is 58.9 Å². The van der Waals surface area contributed by atoms with Gasteiger partial charge in [-0.15, -0.1) is 41.0 Å². The summed E-state index contributed by atoms with van der Waals surface area (Å²) in [4.78, 5) is 4.45. The van der Waals surface area contributed by atoms with Crippen molar-refractivity contribution in [3.63, 3.8) is 0 Å². The second-order valence-electron chi connectivity index (χ2n) is 9.61. The van der Waals surface area contributed by atoms with Crippen molar-refractivity contribution in [3.05, 3.63) is 0 Å². The topological polar surface area (TPSA) is 452 Å². The molecule has 0 aliphatic carbocycles. The van der Waals surface area contributed by atoms with Crippen molar-refractivity contribution in [2.45, 2.75) is 51.4 Å².